The van der Waals surface area contributed by atoms with Crippen molar-refractivity contribution in [2.45, 2.75) is 6.54 Å². The molecule has 3 aromatic rings. The van der Waals surface area contributed by atoms with E-state index in [2.05, 4.69) is 10.3 Å². The van der Waals surface area contributed by atoms with Crippen LogP contribution in [0.4, 0.5) is 11.5 Å². The molecule has 2 heterocycles. The number of rotatable bonds is 4. The molecular weight excluding hydrogens is 340 g/mol. The Kier molecular flexibility index (Phi) is 4.81. The highest BCUT2D eigenvalue weighted by Crippen LogP contribution is 2.16. The predicted molar refractivity (Wildman–Crippen MR) is 97.9 cm³/mol. The van der Waals surface area contributed by atoms with E-state index in [-0.39, 0.29) is 17.3 Å². The van der Waals surface area contributed by atoms with Gasteiger partial charge in [-0.05, 0) is 29.8 Å². The van der Waals surface area contributed by atoms with Crippen LogP contribution in [-0.4, -0.2) is 15.5 Å². The quantitative estimate of drug-likeness (QED) is 0.753. The van der Waals surface area contributed by atoms with E-state index in [1.54, 1.807) is 24.4 Å². The number of nitrogen functional groups attached to an aromatic ring is 1. The van der Waals surface area contributed by atoms with Crippen molar-refractivity contribution < 1.29 is 4.79 Å². The van der Waals surface area contributed by atoms with Crippen LogP contribution in [0.3, 0.4) is 0 Å². The molecule has 126 valence electrons. The molecule has 0 atom stereocenters. The summed E-state index contributed by atoms with van der Waals surface area (Å²) in [7, 11) is 0. The molecule has 0 aliphatic heterocycles. The monoisotopic (exact) mass is 354 g/mol. The molecule has 0 aliphatic carbocycles. The Labute approximate surface area is 148 Å². The summed E-state index contributed by atoms with van der Waals surface area (Å²) in [5.74, 6) is -0.0756. The van der Waals surface area contributed by atoms with Crippen LogP contribution >= 0.6 is 11.6 Å². The fourth-order valence-electron chi connectivity index (χ4n) is 2.33. The maximum absolute atomic E-state index is 12.3. The second-order valence-corrected chi connectivity index (χ2v) is 5.81. The van der Waals surface area contributed by atoms with Gasteiger partial charge >= 0.3 is 0 Å². The van der Waals surface area contributed by atoms with Crippen molar-refractivity contribution in [2.75, 3.05) is 11.1 Å². The van der Waals surface area contributed by atoms with Crippen LogP contribution in [0.5, 0.6) is 0 Å². The summed E-state index contributed by atoms with van der Waals surface area (Å²) < 4.78 is 1.48. The number of benzene rings is 1. The first-order chi connectivity index (χ1) is 12.0. The lowest BCUT2D eigenvalue weighted by molar-refractivity contribution is 0.102. The van der Waals surface area contributed by atoms with E-state index in [0.29, 0.717) is 22.8 Å². The Bertz CT molecular complexity index is 985. The van der Waals surface area contributed by atoms with E-state index in [1.807, 2.05) is 18.2 Å². The molecule has 0 bridgehead atoms. The van der Waals surface area contributed by atoms with Crippen molar-refractivity contribution in [1.82, 2.24) is 9.55 Å². The average molecular weight is 355 g/mol. The Morgan fingerprint density at radius 2 is 2.00 bits per heavy atom. The molecular formula is C18H15ClN4O2. The average Bonchev–Trinajstić information content (AvgIpc) is 2.60. The minimum absolute atomic E-state index is 0.189. The second-order valence-electron chi connectivity index (χ2n) is 5.40. The molecule has 0 saturated carbocycles. The zero-order valence-corrected chi connectivity index (χ0v) is 13.9. The van der Waals surface area contributed by atoms with Crippen LogP contribution in [0.2, 0.25) is 5.02 Å². The van der Waals surface area contributed by atoms with Gasteiger partial charge in [-0.2, -0.15) is 0 Å². The van der Waals surface area contributed by atoms with Gasteiger partial charge in [0, 0.05) is 29.0 Å². The first-order valence-electron chi connectivity index (χ1n) is 7.50. The normalized spacial score (nSPS) is 10.4. The smallest absolute Gasteiger partial charge is 0.255 e. The van der Waals surface area contributed by atoms with Gasteiger partial charge in [0.1, 0.15) is 5.82 Å². The fourth-order valence-corrected chi connectivity index (χ4v) is 2.53. The fraction of sp³-hybridized carbons (Fsp3) is 0.0556. The van der Waals surface area contributed by atoms with Crippen LogP contribution < -0.4 is 16.6 Å². The molecule has 0 saturated heterocycles. The summed E-state index contributed by atoms with van der Waals surface area (Å²) in [6, 6.07) is 13.3. The van der Waals surface area contributed by atoms with Gasteiger partial charge in [0.15, 0.2) is 0 Å². The maximum atomic E-state index is 12.3. The van der Waals surface area contributed by atoms with Crippen LogP contribution in [0, 0.1) is 0 Å². The minimum Gasteiger partial charge on any atom is -0.384 e. The van der Waals surface area contributed by atoms with Gasteiger partial charge in [0.25, 0.3) is 11.5 Å². The molecule has 0 fully saturated rings. The third-order valence-corrected chi connectivity index (χ3v) is 3.95. The maximum Gasteiger partial charge on any atom is 0.255 e. The highest BCUT2D eigenvalue weighted by Gasteiger charge is 2.09. The number of halogens is 1. The zero-order valence-electron chi connectivity index (χ0n) is 13.1. The third kappa shape index (κ3) is 4.05. The lowest BCUT2D eigenvalue weighted by Gasteiger charge is -2.11. The van der Waals surface area contributed by atoms with Crippen LogP contribution in [0.1, 0.15) is 15.9 Å². The highest BCUT2D eigenvalue weighted by atomic mass is 35.5. The lowest BCUT2D eigenvalue weighted by Crippen LogP contribution is -2.21. The van der Waals surface area contributed by atoms with Crippen LogP contribution in [0.25, 0.3) is 0 Å². The van der Waals surface area contributed by atoms with Crippen LogP contribution in [0.15, 0.2) is 65.7 Å². The largest absolute Gasteiger partial charge is 0.384 e. The number of nitrogens with zero attached hydrogens (tertiary/aromatic N) is 2. The summed E-state index contributed by atoms with van der Waals surface area (Å²) >= 11 is 6.14. The number of hydrogen-bond acceptors (Lipinski definition) is 4. The number of nitrogens with one attached hydrogen (secondary N) is 1. The Hall–Kier alpha value is -3.12. The zero-order chi connectivity index (χ0) is 17.8. The molecule has 3 rings (SSSR count). The van der Waals surface area contributed by atoms with E-state index in [4.69, 9.17) is 17.3 Å². The molecule has 25 heavy (non-hydrogen) atoms. The summed E-state index contributed by atoms with van der Waals surface area (Å²) in [6.07, 6.45) is 3.04. The first-order valence-corrected chi connectivity index (χ1v) is 7.87. The van der Waals surface area contributed by atoms with E-state index in [0.717, 1.165) is 5.56 Å². The topological polar surface area (TPSA) is 90.0 Å². The van der Waals surface area contributed by atoms with Gasteiger partial charge in [0.2, 0.25) is 0 Å². The van der Waals surface area contributed by atoms with E-state index >= 15 is 0 Å². The molecule has 0 unspecified atom stereocenters. The number of anilines is 2. The molecule has 1 amide bonds. The summed E-state index contributed by atoms with van der Waals surface area (Å²) in [6.45, 7) is 0.310. The summed E-state index contributed by atoms with van der Waals surface area (Å²) in [5.41, 5.74) is 7.09. The molecule has 3 N–H and O–H groups in total. The predicted octanol–water partition coefficient (Wildman–Crippen LogP) is 2.78. The molecule has 0 aliphatic rings. The van der Waals surface area contributed by atoms with Gasteiger partial charge in [-0.1, -0.05) is 29.8 Å². The van der Waals surface area contributed by atoms with Gasteiger partial charge < -0.3 is 15.6 Å². The number of hydrogen-bond donors (Lipinski definition) is 2. The van der Waals surface area contributed by atoms with Crippen molar-refractivity contribution in [2.24, 2.45) is 0 Å². The molecule has 0 spiro atoms. The van der Waals surface area contributed by atoms with Gasteiger partial charge in [-0.3, -0.25) is 9.59 Å². The third-order valence-electron chi connectivity index (χ3n) is 3.58. The van der Waals surface area contributed by atoms with Crippen LogP contribution in [-0.2, 0) is 6.54 Å². The van der Waals surface area contributed by atoms with Crippen molar-refractivity contribution in [3.8, 4) is 0 Å². The summed E-state index contributed by atoms with van der Waals surface area (Å²) in [5, 5.41) is 3.32. The Morgan fingerprint density at radius 1 is 1.20 bits per heavy atom. The number of amides is 1. The SMILES string of the molecule is Nc1cc(C(=O)Nc2ccc(=O)n(Cc3ccccc3Cl)c2)ccn1. The first kappa shape index (κ1) is 16.7. The van der Waals surface area contributed by atoms with Gasteiger partial charge in [0.05, 0.1) is 12.2 Å². The minimum atomic E-state index is -0.336. The number of aromatic nitrogens is 2. The van der Waals surface area contributed by atoms with E-state index < -0.39 is 0 Å². The highest BCUT2D eigenvalue weighted by molar-refractivity contribution is 6.31. The molecule has 2 aromatic heterocycles. The van der Waals surface area contributed by atoms with Crippen molar-refractivity contribution in [3.63, 3.8) is 0 Å². The number of nitrogens with two attached hydrogens (primary N) is 1. The molecule has 1 aromatic carbocycles. The Balaban J connectivity index is 1.83. The van der Waals surface area contributed by atoms with Gasteiger partial charge in [-0.25, -0.2) is 4.98 Å². The summed E-state index contributed by atoms with van der Waals surface area (Å²) in [4.78, 5) is 28.2. The van der Waals surface area contributed by atoms with Gasteiger partial charge in [-0.15, -0.1) is 0 Å². The van der Waals surface area contributed by atoms with Crippen molar-refractivity contribution >= 4 is 29.0 Å². The molecule has 0 radical (unpaired) electrons. The second kappa shape index (κ2) is 7.19. The van der Waals surface area contributed by atoms with E-state index in [9.17, 15) is 9.59 Å². The van der Waals surface area contributed by atoms with E-state index in [1.165, 1.54) is 22.9 Å². The molecule has 7 heteroatoms. The number of carbonyl (C=O) groups excluding carboxylic acids is 1. The number of pyridine rings is 2. The Morgan fingerprint density at radius 3 is 2.76 bits per heavy atom. The molecule has 6 nitrogen and oxygen atoms in total. The van der Waals surface area contributed by atoms with Crippen molar-refractivity contribution in [3.05, 3.63) is 87.4 Å². The standard InChI is InChI=1S/C18H15ClN4O2/c19-15-4-2-1-3-13(15)10-23-11-14(5-6-17(23)24)22-18(25)12-7-8-21-16(20)9-12/h1-9,11H,10H2,(H2,20,21)(H,22,25). The lowest BCUT2D eigenvalue weighted by atomic mass is 10.2. The number of carbonyl (C=O) groups is 1. The van der Waals surface area contributed by atoms with Crippen molar-refractivity contribution in [1.29, 1.82) is 0 Å².